The van der Waals surface area contributed by atoms with Crippen LogP contribution in [0, 0.1) is 29.1 Å². The van der Waals surface area contributed by atoms with Crippen molar-refractivity contribution in [2.24, 2.45) is 5.16 Å². The van der Waals surface area contributed by atoms with Gasteiger partial charge >= 0.3 is 5.97 Å². The van der Waals surface area contributed by atoms with Gasteiger partial charge in [-0.15, -0.1) is 0 Å². The predicted octanol–water partition coefficient (Wildman–Crippen LogP) is 4.79. The zero-order chi connectivity index (χ0) is 24.1. The van der Waals surface area contributed by atoms with Crippen molar-refractivity contribution in [1.29, 1.82) is 0 Å². The number of halogens is 5. The molecule has 0 amide bonds. The van der Waals surface area contributed by atoms with Gasteiger partial charge in [-0.05, 0) is 39.3 Å². The summed E-state index contributed by atoms with van der Waals surface area (Å²) in [6.45, 7) is 9.33. The molecule has 0 unspecified atom stereocenters. The second-order valence-electron chi connectivity index (χ2n) is 8.45. The summed E-state index contributed by atoms with van der Waals surface area (Å²) in [6.07, 6.45) is -0.528. The Morgan fingerprint density at radius 1 is 0.742 bits per heavy atom. The van der Waals surface area contributed by atoms with E-state index < -0.39 is 69.8 Å². The number of carbonyl (C=O) groups is 2. The highest BCUT2D eigenvalue weighted by Gasteiger charge is 2.28. The molecule has 0 radical (unpaired) electrons. The van der Waals surface area contributed by atoms with E-state index in [1.807, 2.05) is 0 Å². The number of benzene rings is 1. The fourth-order valence-corrected chi connectivity index (χ4v) is 3.55. The minimum absolute atomic E-state index is 0.254. The maximum Gasteiger partial charge on any atom is 0.342 e. The molecule has 0 spiro atoms. The fourth-order valence-electron chi connectivity index (χ4n) is 2.09. The summed E-state index contributed by atoms with van der Waals surface area (Å²) in [6, 6.07) is 0. The van der Waals surface area contributed by atoms with Crippen molar-refractivity contribution in [3.63, 3.8) is 0 Å². The van der Waals surface area contributed by atoms with Gasteiger partial charge in [-0.25, -0.2) is 26.7 Å². The van der Waals surface area contributed by atoms with E-state index in [0.717, 1.165) is 0 Å². The van der Waals surface area contributed by atoms with Crippen molar-refractivity contribution in [2.45, 2.75) is 58.7 Å². The molecule has 6 nitrogen and oxygen atoms in total. The van der Waals surface area contributed by atoms with Gasteiger partial charge in [0.25, 0.3) is 5.97 Å². The molecule has 0 bridgehead atoms. The summed E-state index contributed by atoms with van der Waals surface area (Å²) in [5.41, 5.74) is -1.64. The van der Waals surface area contributed by atoms with Gasteiger partial charge in [0.2, 0.25) is 22.5 Å². The first-order valence-corrected chi connectivity index (χ1v) is 16.0. The summed E-state index contributed by atoms with van der Waals surface area (Å²) in [4.78, 5) is 28.9. The zero-order valence-electron chi connectivity index (χ0n) is 18.0. The average Bonchev–Trinajstić information content (AvgIpc) is 2.60. The Morgan fingerprint density at radius 3 is 1.65 bits per heavy atom. The SMILES string of the molecule is C[Si](C)(C)OC(=O)CCC(=NOCc1c(F)c(F)c(F)c(F)c1F)C(=O)O[Si](C)(C)C. The van der Waals surface area contributed by atoms with Crippen molar-refractivity contribution in [3.05, 3.63) is 34.6 Å². The van der Waals surface area contributed by atoms with E-state index in [9.17, 15) is 31.5 Å². The largest absolute Gasteiger partial charge is 0.520 e. The highest BCUT2D eigenvalue weighted by atomic mass is 28.4. The summed E-state index contributed by atoms with van der Waals surface area (Å²) in [5, 5.41) is 3.43. The van der Waals surface area contributed by atoms with Crippen LogP contribution in [0.2, 0.25) is 39.3 Å². The van der Waals surface area contributed by atoms with Gasteiger partial charge in [-0.1, -0.05) is 5.16 Å². The lowest BCUT2D eigenvalue weighted by Gasteiger charge is -2.19. The lowest BCUT2D eigenvalue weighted by atomic mass is 10.2. The van der Waals surface area contributed by atoms with Crippen LogP contribution in [0.1, 0.15) is 18.4 Å². The summed E-state index contributed by atoms with van der Waals surface area (Å²) >= 11 is 0. The first-order chi connectivity index (χ1) is 14.0. The van der Waals surface area contributed by atoms with Crippen molar-refractivity contribution in [1.82, 2.24) is 0 Å². The molecule has 0 aliphatic carbocycles. The molecule has 13 heteroatoms. The van der Waals surface area contributed by atoms with E-state index >= 15 is 0 Å². The molecule has 0 heterocycles. The molecule has 0 N–H and O–H groups in total. The molecule has 0 saturated heterocycles. The Kier molecular flexibility index (Phi) is 8.93. The molecule has 0 saturated carbocycles. The van der Waals surface area contributed by atoms with E-state index in [4.69, 9.17) is 8.85 Å². The van der Waals surface area contributed by atoms with Crippen LogP contribution in [0.3, 0.4) is 0 Å². The summed E-state index contributed by atoms with van der Waals surface area (Å²) in [7, 11) is -4.55. The molecule has 31 heavy (non-hydrogen) atoms. The Hall–Kier alpha value is -2.29. The third kappa shape index (κ3) is 8.40. The number of hydrogen-bond donors (Lipinski definition) is 0. The quantitative estimate of drug-likeness (QED) is 0.126. The van der Waals surface area contributed by atoms with Crippen molar-refractivity contribution >= 4 is 34.3 Å². The Labute approximate surface area is 178 Å². The van der Waals surface area contributed by atoms with Crippen molar-refractivity contribution in [3.8, 4) is 0 Å². The normalized spacial score (nSPS) is 12.5. The van der Waals surface area contributed by atoms with Gasteiger partial charge in [0.05, 0.1) is 12.0 Å². The maximum absolute atomic E-state index is 13.7. The number of oxime groups is 1. The molecule has 0 atom stereocenters. The molecule has 174 valence electrons. The maximum atomic E-state index is 13.7. The summed E-state index contributed by atoms with van der Waals surface area (Å²) in [5.74, 6) is -12.2. The Bertz CT molecular complexity index is 853. The van der Waals surface area contributed by atoms with Crippen molar-refractivity contribution in [2.75, 3.05) is 0 Å². The molecule has 0 aliphatic heterocycles. The van der Waals surface area contributed by atoms with Crippen LogP contribution < -0.4 is 0 Å². The number of hydrogen-bond acceptors (Lipinski definition) is 6. The molecule has 0 aliphatic rings. The second kappa shape index (κ2) is 10.3. The van der Waals surface area contributed by atoms with E-state index in [2.05, 4.69) is 9.99 Å². The van der Waals surface area contributed by atoms with Crippen LogP contribution in [0.25, 0.3) is 0 Å². The van der Waals surface area contributed by atoms with Gasteiger partial charge in [-0.3, -0.25) is 4.79 Å². The average molecular weight is 486 g/mol. The third-order valence-electron chi connectivity index (χ3n) is 3.30. The lowest BCUT2D eigenvalue weighted by Crippen LogP contribution is -2.34. The Balaban J connectivity index is 3.04. The Morgan fingerprint density at radius 2 is 1.19 bits per heavy atom. The van der Waals surface area contributed by atoms with Crippen LogP contribution >= 0.6 is 0 Å². The van der Waals surface area contributed by atoms with Crippen LogP contribution in [-0.2, 0) is 29.9 Å². The van der Waals surface area contributed by atoms with Gasteiger partial charge in [-0.2, -0.15) is 0 Å². The molecular weight excluding hydrogens is 461 g/mol. The highest BCUT2D eigenvalue weighted by Crippen LogP contribution is 2.23. The molecule has 0 fully saturated rings. The smallest absolute Gasteiger partial charge is 0.342 e. The molecule has 1 aromatic carbocycles. The molecular formula is C18H24F5NO5Si2. The third-order valence-corrected chi connectivity index (χ3v) is 4.94. The first-order valence-electron chi connectivity index (χ1n) is 9.18. The number of rotatable bonds is 9. The predicted molar refractivity (Wildman–Crippen MR) is 107 cm³/mol. The monoisotopic (exact) mass is 485 g/mol. The van der Waals surface area contributed by atoms with Gasteiger partial charge in [0.15, 0.2) is 29.0 Å². The molecule has 1 aromatic rings. The number of carbonyl (C=O) groups excluding carboxylic acids is 2. The summed E-state index contributed by atoms with van der Waals surface area (Å²) < 4.78 is 77.6. The van der Waals surface area contributed by atoms with E-state index in [-0.39, 0.29) is 18.6 Å². The first kappa shape index (κ1) is 26.7. The highest BCUT2D eigenvalue weighted by molar-refractivity contribution is 6.72. The minimum Gasteiger partial charge on any atom is -0.520 e. The van der Waals surface area contributed by atoms with Gasteiger partial charge in [0, 0.05) is 6.42 Å². The lowest BCUT2D eigenvalue weighted by molar-refractivity contribution is -0.134. The van der Waals surface area contributed by atoms with E-state index in [1.54, 1.807) is 39.3 Å². The van der Waals surface area contributed by atoms with Crippen molar-refractivity contribution < 1.29 is 45.2 Å². The minimum atomic E-state index is -2.38. The molecule has 0 aromatic heterocycles. The van der Waals surface area contributed by atoms with E-state index in [1.165, 1.54) is 0 Å². The standard InChI is InChI=1S/C18H24F5NO5Si2/c1-30(2,3)28-12(25)8-7-11(18(26)29-31(4,5)6)24-27-9-10-13(19)15(21)17(23)16(22)14(10)20/h7-9H2,1-6H3. The van der Waals surface area contributed by atoms with Crippen LogP contribution in [0.4, 0.5) is 22.0 Å². The van der Waals surface area contributed by atoms with Gasteiger partial charge < -0.3 is 13.7 Å². The second-order valence-corrected chi connectivity index (χ2v) is 17.3. The topological polar surface area (TPSA) is 74.2 Å². The van der Waals surface area contributed by atoms with Crippen LogP contribution in [0.15, 0.2) is 5.16 Å². The van der Waals surface area contributed by atoms with Crippen LogP contribution in [-0.4, -0.2) is 34.3 Å². The molecule has 1 rings (SSSR count). The fraction of sp³-hybridized carbons (Fsp3) is 0.500. The van der Waals surface area contributed by atoms with E-state index in [0.29, 0.717) is 0 Å². The number of nitrogens with zero attached hydrogens (tertiary/aromatic N) is 1. The van der Waals surface area contributed by atoms with Crippen LogP contribution in [0.5, 0.6) is 0 Å². The van der Waals surface area contributed by atoms with Gasteiger partial charge in [0.1, 0.15) is 6.61 Å². The zero-order valence-corrected chi connectivity index (χ0v) is 20.0.